The van der Waals surface area contributed by atoms with E-state index in [-0.39, 0.29) is 23.7 Å². The van der Waals surface area contributed by atoms with Crippen LogP contribution >= 0.6 is 0 Å². The quantitative estimate of drug-likeness (QED) is 0.710. The number of anilines is 3. The third-order valence-electron chi connectivity index (χ3n) is 4.72. The van der Waals surface area contributed by atoms with E-state index in [4.69, 9.17) is 10.5 Å². The van der Waals surface area contributed by atoms with Gasteiger partial charge in [-0.3, -0.25) is 14.2 Å². The number of hydrogen-bond acceptors (Lipinski definition) is 6. The van der Waals surface area contributed by atoms with Crippen LogP contribution in [0.25, 0.3) is 0 Å². The molecule has 162 valence electrons. The minimum absolute atomic E-state index is 0.00433. The number of carbonyl (C=O) groups is 1. The average molecular weight is 423 g/mol. The molecule has 0 bridgehead atoms. The number of amides is 1. The van der Waals surface area contributed by atoms with Crippen LogP contribution in [-0.2, 0) is 22.6 Å². The van der Waals surface area contributed by atoms with Crippen molar-refractivity contribution in [3.05, 3.63) is 50.7 Å². The van der Waals surface area contributed by atoms with Crippen molar-refractivity contribution in [3.63, 3.8) is 0 Å². The Morgan fingerprint density at radius 2 is 1.87 bits per heavy atom. The summed E-state index contributed by atoms with van der Waals surface area (Å²) in [5.41, 5.74) is 4.90. The minimum Gasteiger partial charge on any atom is -0.383 e. The first-order valence-corrected chi connectivity index (χ1v) is 9.54. The molecule has 1 aliphatic rings. The Morgan fingerprint density at radius 1 is 1.17 bits per heavy atom. The maximum atomic E-state index is 13.4. The molecule has 30 heavy (non-hydrogen) atoms. The summed E-state index contributed by atoms with van der Waals surface area (Å²) < 4.78 is 33.8. The van der Waals surface area contributed by atoms with Crippen molar-refractivity contribution in [3.8, 4) is 0 Å². The first-order valence-electron chi connectivity index (χ1n) is 9.54. The molecule has 0 aliphatic carbocycles. The summed E-state index contributed by atoms with van der Waals surface area (Å²) in [6.45, 7) is 3.18. The van der Waals surface area contributed by atoms with Gasteiger partial charge in [0.1, 0.15) is 18.1 Å². The highest BCUT2D eigenvalue weighted by Gasteiger charge is 2.24. The van der Waals surface area contributed by atoms with Gasteiger partial charge in [-0.25, -0.2) is 18.1 Å². The highest BCUT2D eigenvalue weighted by atomic mass is 19.2. The van der Waals surface area contributed by atoms with E-state index < -0.39 is 35.3 Å². The van der Waals surface area contributed by atoms with Crippen molar-refractivity contribution in [1.82, 2.24) is 9.13 Å². The predicted octanol–water partition coefficient (Wildman–Crippen LogP) is 0.756. The van der Waals surface area contributed by atoms with E-state index in [2.05, 4.69) is 5.32 Å². The number of carbonyl (C=O) groups excluding carboxylic acids is 1. The topological polar surface area (TPSA) is 112 Å². The smallest absolute Gasteiger partial charge is 0.333 e. The molecule has 1 aliphatic heterocycles. The number of rotatable bonds is 6. The fourth-order valence-electron chi connectivity index (χ4n) is 3.28. The number of morpholine rings is 1. The van der Waals surface area contributed by atoms with Crippen LogP contribution in [-0.4, -0.2) is 41.3 Å². The Morgan fingerprint density at radius 3 is 2.50 bits per heavy atom. The first-order chi connectivity index (χ1) is 14.3. The normalized spacial score (nSPS) is 14.0. The molecular formula is C19H23F2N5O4. The van der Waals surface area contributed by atoms with Crippen molar-refractivity contribution in [2.75, 3.05) is 42.3 Å². The summed E-state index contributed by atoms with van der Waals surface area (Å²) in [7, 11) is 0. The lowest BCUT2D eigenvalue weighted by atomic mass is 10.3. The second-order valence-electron chi connectivity index (χ2n) is 6.84. The van der Waals surface area contributed by atoms with Gasteiger partial charge in [0.25, 0.3) is 5.56 Å². The van der Waals surface area contributed by atoms with Gasteiger partial charge in [0.15, 0.2) is 11.6 Å². The van der Waals surface area contributed by atoms with Crippen molar-refractivity contribution >= 4 is 23.1 Å². The summed E-state index contributed by atoms with van der Waals surface area (Å²) in [6.07, 6.45) is 0.589. The molecule has 9 nitrogen and oxygen atoms in total. The standard InChI is InChI=1S/C19H23F2N5O4/c1-2-5-25-17(22)16(24-6-8-30-9-7-24)18(28)26(19(25)29)11-15(27)23-12-3-4-13(20)14(21)10-12/h3-4,10H,2,5-9,11,22H2,1H3,(H,23,27). The van der Waals surface area contributed by atoms with Crippen LogP contribution < -0.4 is 27.2 Å². The molecule has 11 heteroatoms. The lowest BCUT2D eigenvalue weighted by molar-refractivity contribution is -0.116. The molecule has 1 saturated heterocycles. The van der Waals surface area contributed by atoms with E-state index in [9.17, 15) is 23.2 Å². The van der Waals surface area contributed by atoms with E-state index in [0.717, 1.165) is 16.7 Å². The molecule has 3 N–H and O–H groups in total. The number of aromatic nitrogens is 2. The maximum absolute atomic E-state index is 13.4. The Hall–Kier alpha value is -3.21. The second-order valence-corrected chi connectivity index (χ2v) is 6.84. The van der Waals surface area contributed by atoms with Gasteiger partial charge in [0.2, 0.25) is 5.91 Å². The van der Waals surface area contributed by atoms with Gasteiger partial charge in [-0.2, -0.15) is 0 Å². The minimum atomic E-state index is -1.13. The van der Waals surface area contributed by atoms with Crippen molar-refractivity contribution in [1.29, 1.82) is 0 Å². The van der Waals surface area contributed by atoms with Gasteiger partial charge in [0, 0.05) is 31.4 Å². The number of benzene rings is 1. The lowest BCUT2D eigenvalue weighted by Gasteiger charge is -2.30. The van der Waals surface area contributed by atoms with Crippen LogP contribution in [0.5, 0.6) is 0 Å². The maximum Gasteiger partial charge on any atom is 0.333 e. The van der Waals surface area contributed by atoms with Gasteiger partial charge in [-0.1, -0.05) is 6.92 Å². The van der Waals surface area contributed by atoms with Gasteiger partial charge < -0.3 is 20.7 Å². The molecule has 0 atom stereocenters. The van der Waals surface area contributed by atoms with Gasteiger partial charge in [0.05, 0.1) is 13.2 Å². The molecule has 0 saturated carbocycles. The molecule has 1 amide bonds. The van der Waals surface area contributed by atoms with Gasteiger partial charge in [-0.15, -0.1) is 0 Å². The number of ether oxygens (including phenoxy) is 1. The molecule has 1 aromatic carbocycles. The summed E-state index contributed by atoms with van der Waals surface area (Å²) in [4.78, 5) is 40.0. The fraction of sp³-hybridized carbons (Fsp3) is 0.421. The number of hydrogen-bond donors (Lipinski definition) is 2. The average Bonchev–Trinajstić information content (AvgIpc) is 2.72. The zero-order chi connectivity index (χ0) is 21.8. The van der Waals surface area contributed by atoms with Crippen molar-refractivity contribution in [2.45, 2.75) is 26.4 Å². The van der Waals surface area contributed by atoms with Gasteiger partial charge >= 0.3 is 5.69 Å². The van der Waals surface area contributed by atoms with Gasteiger partial charge in [-0.05, 0) is 18.6 Å². The number of nitrogens with zero attached hydrogens (tertiary/aromatic N) is 3. The number of nitrogens with two attached hydrogens (primary N) is 1. The SMILES string of the molecule is CCCn1c(N)c(N2CCOCC2)c(=O)n(CC(=O)Nc2ccc(F)c(F)c2)c1=O. The summed E-state index contributed by atoms with van der Waals surface area (Å²) in [5, 5.41) is 2.36. The summed E-state index contributed by atoms with van der Waals surface area (Å²) >= 11 is 0. The van der Waals surface area contributed by atoms with Crippen molar-refractivity contribution in [2.24, 2.45) is 0 Å². The molecular weight excluding hydrogens is 400 g/mol. The highest BCUT2D eigenvalue weighted by molar-refractivity contribution is 5.90. The third kappa shape index (κ3) is 4.35. The van der Waals surface area contributed by atoms with E-state index in [0.29, 0.717) is 32.7 Å². The molecule has 0 spiro atoms. The van der Waals surface area contributed by atoms with E-state index in [1.54, 1.807) is 4.90 Å². The number of nitrogen functional groups attached to an aromatic ring is 1. The Kier molecular flexibility index (Phi) is 6.50. The number of halogens is 2. The summed E-state index contributed by atoms with van der Waals surface area (Å²) in [5.74, 6) is -2.87. The zero-order valence-electron chi connectivity index (χ0n) is 16.5. The fourth-order valence-corrected chi connectivity index (χ4v) is 3.28. The van der Waals surface area contributed by atoms with Crippen LogP contribution in [0.15, 0.2) is 27.8 Å². The predicted molar refractivity (Wildman–Crippen MR) is 108 cm³/mol. The van der Waals surface area contributed by atoms with E-state index in [1.807, 2.05) is 6.92 Å². The molecule has 1 aromatic heterocycles. The Bertz CT molecular complexity index is 1060. The van der Waals surface area contributed by atoms with Crippen LogP contribution in [0, 0.1) is 11.6 Å². The first kappa shape index (κ1) is 21.5. The van der Waals surface area contributed by atoms with Crippen LogP contribution in [0.1, 0.15) is 13.3 Å². The van der Waals surface area contributed by atoms with Crippen molar-refractivity contribution < 1.29 is 18.3 Å². The second kappa shape index (κ2) is 9.08. The Labute approximate surface area is 170 Å². The summed E-state index contributed by atoms with van der Waals surface area (Å²) in [6, 6.07) is 2.86. The van der Waals surface area contributed by atoms with Crippen LogP contribution in [0.3, 0.4) is 0 Å². The van der Waals surface area contributed by atoms with Crippen LogP contribution in [0.4, 0.5) is 26.0 Å². The highest BCUT2D eigenvalue weighted by Crippen LogP contribution is 2.19. The molecule has 2 heterocycles. The third-order valence-corrected chi connectivity index (χ3v) is 4.72. The number of nitrogens with one attached hydrogen (secondary N) is 1. The molecule has 3 rings (SSSR count). The van der Waals surface area contributed by atoms with Crippen LogP contribution in [0.2, 0.25) is 0 Å². The zero-order valence-corrected chi connectivity index (χ0v) is 16.5. The molecule has 1 fully saturated rings. The molecule has 0 unspecified atom stereocenters. The monoisotopic (exact) mass is 423 g/mol. The van der Waals surface area contributed by atoms with E-state index in [1.165, 1.54) is 10.6 Å². The molecule has 2 aromatic rings. The molecule has 0 radical (unpaired) electrons. The Balaban J connectivity index is 1.97. The largest absolute Gasteiger partial charge is 0.383 e. The lowest BCUT2D eigenvalue weighted by Crippen LogP contribution is -2.48. The van der Waals surface area contributed by atoms with E-state index >= 15 is 0 Å².